The van der Waals surface area contributed by atoms with E-state index in [0.717, 1.165) is 5.56 Å². The molecule has 2 atom stereocenters. The second kappa shape index (κ2) is 8.10. The summed E-state index contributed by atoms with van der Waals surface area (Å²) in [5, 5.41) is 15.0. The summed E-state index contributed by atoms with van der Waals surface area (Å²) < 4.78 is 0. The minimum absolute atomic E-state index is 0.0179. The van der Waals surface area contributed by atoms with Crippen LogP contribution in [0.2, 0.25) is 0 Å². The Morgan fingerprint density at radius 2 is 1.43 bits per heavy atom. The van der Waals surface area contributed by atoms with Crippen molar-refractivity contribution in [3.8, 4) is 0 Å². The fourth-order valence-corrected chi connectivity index (χ4v) is 2.15. The molecule has 5 nitrogen and oxygen atoms in total. The van der Waals surface area contributed by atoms with E-state index in [2.05, 4.69) is 10.6 Å². The molecule has 120 valence electrons. The van der Waals surface area contributed by atoms with Crippen LogP contribution in [0, 0.1) is 0 Å². The van der Waals surface area contributed by atoms with Crippen molar-refractivity contribution in [3.05, 3.63) is 71.8 Å². The van der Waals surface area contributed by atoms with E-state index in [9.17, 15) is 14.7 Å². The largest absolute Gasteiger partial charge is 0.387 e. The summed E-state index contributed by atoms with van der Waals surface area (Å²) in [6.45, 7) is 1.79. The van der Waals surface area contributed by atoms with Crippen molar-refractivity contribution in [2.75, 3.05) is 6.54 Å². The van der Waals surface area contributed by atoms with Gasteiger partial charge < -0.3 is 15.7 Å². The van der Waals surface area contributed by atoms with Gasteiger partial charge in [0.2, 0.25) is 0 Å². The molecule has 5 heteroatoms. The Morgan fingerprint density at radius 3 is 2.00 bits per heavy atom. The second-order valence-corrected chi connectivity index (χ2v) is 5.24. The van der Waals surface area contributed by atoms with E-state index in [1.807, 2.05) is 36.4 Å². The highest BCUT2D eigenvalue weighted by Gasteiger charge is 2.18. The third kappa shape index (κ3) is 4.93. The smallest absolute Gasteiger partial charge is 0.309 e. The normalized spacial score (nSPS) is 13.0. The van der Waals surface area contributed by atoms with Crippen LogP contribution in [0.15, 0.2) is 60.7 Å². The molecule has 2 aromatic carbocycles. The Kier molecular flexibility index (Phi) is 5.88. The molecule has 0 spiro atoms. The zero-order chi connectivity index (χ0) is 16.7. The molecule has 0 saturated carbocycles. The zero-order valence-corrected chi connectivity index (χ0v) is 12.9. The van der Waals surface area contributed by atoms with E-state index < -0.39 is 17.9 Å². The molecule has 0 radical (unpaired) electrons. The number of hydrogen-bond donors (Lipinski definition) is 3. The van der Waals surface area contributed by atoms with Gasteiger partial charge in [-0.05, 0) is 18.1 Å². The maximum atomic E-state index is 11.9. The summed E-state index contributed by atoms with van der Waals surface area (Å²) in [5.74, 6) is -1.48. The molecule has 0 bridgehead atoms. The molecule has 0 heterocycles. The molecule has 2 rings (SSSR count). The summed E-state index contributed by atoms with van der Waals surface area (Å²) in [7, 11) is 0. The fraction of sp³-hybridized carbons (Fsp3) is 0.222. The van der Waals surface area contributed by atoms with Crippen molar-refractivity contribution in [1.29, 1.82) is 0 Å². The molecular weight excluding hydrogens is 292 g/mol. The molecule has 3 N–H and O–H groups in total. The van der Waals surface area contributed by atoms with E-state index in [1.54, 1.807) is 31.2 Å². The van der Waals surface area contributed by atoms with E-state index in [0.29, 0.717) is 5.56 Å². The first-order chi connectivity index (χ1) is 11.1. The molecule has 23 heavy (non-hydrogen) atoms. The van der Waals surface area contributed by atoms with Crippen LogP contribution in [0.1, 0.15) is 30.2 Å². The molecule has 0 aliphatic heterocycles. The van der Waals surface area contributed by atoms with Gasteiger partial charge in [0.15, 0.2) is 0 Å². The Balaban J connectivity index is 1.82. The van der Waals surface area contributed by atoms with Crippen LogP contribution >= 0.6 is 0 Å². The third-order valence-electron chi connectivity index (χ3n) is 3.49. The second-order valence-electron chi connectivity index (χ2n) is 5.24. The Bertz CT molecular complexity index is 644. The van der Waals surface area contributed by atoms with Crippen LogP contribution in [-0.4, -0.2) is 23.5 Å². The minimum Gasteiger partial charge on any atom is -0.387 e. The van der Waals surface area contributed by atoms with Crippen molar-refractivity contribution in [1.82, 2.24) is 10.6 Å². The maximum Gasteiger partial charge on any atom is 0.309 e. The molecule has 2 aromatic rings. The quantitative estimate of drug-likeness (QED) is 0.736. The van der Waals surface area contributed by atoms with E-state index >= 15 is 0 Å². The van der Waals surface area contributed by atoms with Crippen LogP contribution in [0.5, 0.6) is 0 Å². The average Bonchev–Trinajstić information content (AvgIpc) is 2.60. The van der Waals surface area contributed by atoms with Crippen LogP contribution in [0.3, 0.4) is 0 Å². The molecule has 0 unspecified atom stereocenters. The predicted octanol–water partition coefficient (Wildman–Crippen LogP) is 1.71. The lowest BCUT2D eigenvalue weighted by atomic mass is 10.1. The van der Waals surface area contributed by atoms with E-state index in [-0.39, 0.29) is 12.6 Å². The van der Waals surface area contributed by atoms with Gasteiger partial charge in [-0.3, -0.25) is 9.59 Å². The molecule has 0 aromatic heterocycles. The van der Waals surface area contributed by atoms with Crippen LogP contribution in [0.25, 0.3) is 0 Å². The number of amides is 2. The zero-order valence-electron chi connectivity index (χ0n) is 12.9. The lowest BCUT2D eigenvalue weighted by Crippen LogP contribution is -2.42. The molecule has 0 aliphatic rings. The number of benzene rings is 2. The molecular formula is C18H20N2O3. The van der Waals surface area contributed by atoms with Crippen molar-refractivity contribution in [2.24, 2.45) is 0 Å². The summed E-state index contributed by atoms with van der Waals surface area (Å²) in [6, 6.07) is 18.1. The molecule has 2 amide bonds. The Morgan fingerprint density at radius 1 is 0.913 bits per heavy atom. The summed E-state index contributed by atoms with van der Waals surface area (Å²) in [6.07, 6.45) is -0.848. The highest BCUT2D eigenvalue weighted by atomic mass is 16.3. The van der Waals surface area contributed by atoms with Gasteiger partial charge in [0.05, 0.1) is 12.1 Å². The van der Waals surface area contributed by atoms with E-state index in [1.165, 1.54) is 0 Å². The monoisotopic (exact) mass is 312 g/mol. The predicted molar refractivity (Wildman–Crippen MR) is 87.4 cm³/mol. The van der Waals surface area contributed by atoms with Gasteiger partial charge in [-0.2, -0.15) is 0 Å². The number of aliphatic hydroxyl groups is 1. The van der Waals surface area contributed by atoms with Crippen molar-refractivity contribution >= 4 is 11.8 Å². The van der Waals surface area contributed by atoms with Gasteiger partial charge in [-0.15, -0.1) is 0 Å². The fourth-order valence-electron chi connectivity index (χ4n) is 2.15. The number of carbonyl (C=O) groups is 2. The standard InChI is InChI=1S/C18H20N2O3/c1-13(14-8-4-2-5-9-14)20-18(23)17(22)19-12-16(21)15-10-6-3-7-11-15/h2-11,13,16,21H,12H2,1H3,(H,19,22)(H,20,23)/t13-,16-/m0/s1. The van der Waals surface area contributed by atoms with Gasteiger partial charge >= 0.3 is 11.8 Å². The van der Waals surface area contributed by atoms with Gasteiger partial charge in [0.25, 0.3) is 0 Å². The van der Waals surface area contributed by atoms with Crippen molar-refractivity contribution in [2.45, 2.75) is 19.1 Å². The lowest BCUT2D eigenvalue weighted by molar-refractivity contribution is -0.139. The first kappa shape index (κ1) is 16.7. The SMILES string of the molecule is C[C@H](NC(=O)C(=O)NC[C@H](O)c1ccccc1)c1ccccc1. The van der Waals surface area contributed by atoms with Crippen LogP contribution in [-0.2, 0) is 9.59 Å². The summed E-state index contributed by atoms with van der Waals surface area (Å²) in [5.41, 5.74) is 1.60. The van der Waals surface area contributed by atoms with Crippen LogP contribution < -0.4 is 10.6 Å². The number of hydrogen-bond acceptors (Lipinski definition) is 3. The van der Waals surface area contributed by atoms with Gasteiger partial charge in [0, 0.05) is 6.54 Å². The molecule has 0 fully saturated rings. The van der Waals surface area contributed by atoms with Gasteiger partial charge in [-0.1, -0.05) is 60.7 Å². The number of rotatable bonds is 5. The number of nitrogens with one attached hydrogen (secondary N) is 2. The lowest BCUT2D eigenvalue weighted by Gasteiger charge is -2.15. The van der Waals surface area contributed by atoms with Gasteiger partial charge in [-0.25, -0.2) is 0 Å². The summed E-state index contributed by atoms with van der Waals surface area (Å²) in [4.78, 5) is 23.7. The van der Waals surface area contributed by atoms with Crippen molar-refractivity contribution < 1.29 is 14.7 Å². The topological polar surface area (TPSA) is 78.4 Å². The first-order valence-electron chi connectivity index (χ1n) is 7.44. The number of aliphatic hydroxyl groups excluding tert-OH is 1. The number of carbonyl (C=O) groups excluding carboxylic acids is 2. The minimum atomic E-state index is -0.848. The first-order valence-corrected chi connectivity index (χ1v) is 7.44. The molecule has 0 aliphatic carbocycles. The van der Waals surface area contributed by atoms with E-state index in [4.69, 9.17) is 0 Å². The highest BCUT2D eigenvalue weighted by molar-refractivity contribution is 6.35. The Hall–Kier alpha value is -2.66. The van der Waals surface area contributed by atoms with Crippen molar-refractivity contribution in [3.63, 3.8) is 0 Å². The molecule has 0 saturated heterocycles. The Labute approximate surface area is 135 Å². The third-order valence-corrected chi connectivity index (χ3v) is 3.49. The summed E-state index contributed by atoms with van der Waals surface area (Å²) >= 11 is 0. The maximum absolute atomic E-state index is 11.9. The van der Waals surface area contributed by atoms with Gasteiger partial charge in [0.1, 0.15) is 0 Å². The average molecular weight is 312 g/mol. The highest BCUT2D eigenvalue weighted by Crippen LogP contribution is 2.11. The van der Waals surface area contributed by atoms with Crippen LogP contribution in [0.4, 0.5) is 0 Å².